The number of nitrogens with zero attached hydrogens (tertiary/aromatic N) is 4. The standard InChI is InChI=1S/C14H12IN3O3.C14H11IN2O4/c15-9-3-1-2-8(4-9)14-17-11(13(16)19)5-12(18-14)21-10-6-20-7-10;15-9-3-1-2-8(4-9)13-16-11(14(18)19)5-12(17-13)21-10-6-20-7-10/h1-5,10H,6-7H2,(H2,16,19);1-5,10H,6-7H2,(H,18,19). The molecule has 2 aromatic heterocycles. The number of carbonyl (C=O) groups excluding carboxylic acids is 1. The zero-order chi connectivity index (χ0) is 29.6. The summed E-state index contributed by atoms with van der Waals surface area (Å²) in [6.45, 7) is 2.03. The van der Waals surface area contributed by atoms with E-state index in [1.54, 1.807) is 0 Å². The Kier molecular flexibility index (Phi) is 9.76. The Balaban J connectivity index is 0.000000168. The molecule has 0 spiro atoms. The molecule has 2 aliphatic rings. The van der Waals surface area contributed by atoms with Gasteiger partial charge in [-0.1, -0.05) is 24.3 Å². The molecule has 0 saturated carbocycles. The minimum atomic E-state index is -1.11. The number of aromatic carboxylic acids is 1. The van der Waals surface area contributed by atoms with Gasteiger partial charge < -0.3 is 29.8 Å². The number of rotatable bonds is 8. The molecule has 0 unspecified atom stereocenters. The maximum Gasteiger partial charge on any atom is 0.354 e. The number of halogens is 2. The third kappa shape index (κ3) is 7.87. The minimum absolute atomic E-state index is 0.0376. The molecule has 14 heteroatoms. The van der Waals surface area contributed by atoms with E-state index >= 15 is 0 Å². The highest BCUT2D eigenvalue weighted by atomic mass is 127. The minimum Gasteiger partial charge on any atom is -0.477 e. The van der Waals surface area contributed by atoms with Gasteiger partial charge in [-0.25, -0.2) is 14.8 Å². The van der Waals surface area contributed by atoms with Crippen molar-refractivity contribution in [1.29, 1.82) is 0 Å². The maximum atomic E-state index is 11.4. The van der Waals surface area contributed by atoms with Crippen molar-refractivity contribution in [3.8, 4) is 34.5 Å². The van der Waals surface area contributed by atoms with Crippen molar-refractivity contribution < 1.29 is 33.6 Å². The van der Waals surface area contributed by atoms with Crippen LogP contribution in [0.3, 0.4) is 0 Å². The van der Waals surface area contributed by atoms with E-state index in [-0.39, 0.29) is 29.5 Å². The fourth-order valence-electron chi connectivity index (χ4n) is 3.63. The Labute approximate surface area is 267 Å². The van der Waals surface area contributed by atoms with Crippen LogP contribution in [0.2, 0.25) is 0 Å². The number of carboxylic acid groups (broad SMARTS) is 1. The van der Waals surface area contributed by atoms with Crippen LogP contribution in [0.5, 0.6) is 11.8 Å². The first-order chi connectivity index (χ1) is 20.2. The van der Waals surface area contributed by atoms with Crippen molar-refractivity contribution in [2.24, 2.45) is 5.73 Å². The fraction of sp³-hybridized carbons (Fsp3) is 0.214. The molecule has 2 aromatic carbocycles. The molecule has 4 aromatic rings. The van der Waals surface area contributed by atoms with Crippen molar-refractivity contribution in [2.45, 2.75) is 12.2 Å². The van der Waals surface area contributed by atoms with Crippen LogP contribution in [0, 0.1) is 7.14 Å². The predicted octanol–water partition coefficient (Wildman–Crippen LogP) is 3.85. The number of primary amides is 1. The van der Waals surface area contributed by atoms with E-state index in [1.807, 2.05) is 48.5 Å². The number of benzene rings is 2. The average molecular weight is 795 g/mol. The molecule has 2 saturated heterocycles. The lowest BCUT2D eigenvalue weighted by molar-refractivity contribution is -0.0813. The first-order valence-electron chi connectivity index (χ1n) is 12.6. The summed E-state index contributed by atoms with van der Waals surface area (Å²) in [5, 5.41) is 9.17. The lowest BCUT2D eigenvalue weighted by atomic mass is 10.2. The van der Waals surface area contributed by atoms with Crippen LogP contribution in [0.4, 0.5) is 0 Å². The van der Waals surface area contributed by atoms with E-state index in [0.717, 1.165) is 18.3 Å². The van der Waals surface area contributed by atoms with Gasteiger partial charge in [0.1, 0.15) is 17.9 Å². The van der Waals surface area contributed by atoms with Crippen LogP contribution in [0.15, 0.2) is 60.7 Å². The normalized spacial score (nSPS) is 14.5. The monoisotopic (exact) mass is 795 g/mol. The number of hydrogen-bond acceptors (Lipinski definition) is 10. The van der Waals surface area contributed by atoms with Gasteiger partial charge in [-0.15, -0.1) is 0 Å². The Bertz CT molecular complexity index is 1500. The Morgan fingerprint density at radius 1 is 0.738 bits per heavy atom. The molecule has 0 atom stereocenters. The lowest BCUT2D eigenvalue weighted by Gasteiger charge is -2.26. The van der Waals surface area contributed by atoms with Gasteiger partial charge in [0.05, 0.1) is 26.4 Å². The summed E-state index contributed by atoms with van der Waals surface area (Å²) < 4.78 is 23.4. The zero-order valence-electron chi connectivity index (χ0n) is 21.8. The van der Waals surface area contributed by atoms with Crippen LogP contribution in [0.25, 0.3) is 22.8 Å². The van der Waals surface area contributed by atoms with E-state index in [0.29, 0.717) is 44.0 Å². The molecule has 0 bridgehead atoms. The Morgan fingerprint density at radius 2 is 1.19 bits per heavy atom. The summed E-state index contributed by atoms with van der Waals surface area (Å²) in [4.78, 5) is 39.5. The second-order valence-corrected chi connectivity index (χ2v) is 11.6. The molecule has 0 radical (unpaired) electrons. The van der Waals surface area contributed by atoms with Crippen LogP contribution >= 0.6 is 45.2 Å². The summed E-state index contributed by atoms with van der Waals surface area (Å²) in [6, 6.07) is 18.0. The van der Waals surface area contributed by atoms with Crippen LogP contribution in [-0.4, -0.2) is 75.6 Å². The highest BCUT2D eigenvalue weighted by Crippen LogP contribution is 2.24. The number of nitrogens with two attached hydrogens (primary N) is 1. The van der Waals surface area contributed by atoms with Gasteiger partial charge in [-0.05, 0) is 69.4 Å². The summed E-state index contributed by atoms with van der Waals surface area (Å²) in [5.74, 6) is -0.382. The van der Waals surface area contributed by atoms with E-state index in [1.165, 1.54) is 12.1 Å². The molecule has 4 heterocycles. The number of carbonyl (C=O) groups is 2. The molecule has 3 N–H and O–H groups in total. The third-order valence-electron chi connectivity index (χ3n) is 5.83. The van der Waals surface area contributed by atoms with Gasteiger partial charge >= 0.3 is 5.97 Å². The topological polar surface area (TPSA) is 169 Å². The largest absolute Gasteiger partial charge is 0.477 e. The summed E-state index contributed by atoms with van der Waals surface area (Å²) in [7, 11) is 0. The van der Waals surface area contributed by atoms with Crippen molar-refractivity contribution in [2.75, 3.05) is 26.4 Å². The number of ether oxygens (including phenoxy) is 4. The van der Waals surface area contributed by atoms with Gasteiger partial charge in [0.25, 0.3) is 5.91 Å². The highest BCUT2D eigenvalue weighted by molar-refractivity contribution is 14.1. The summed E-state index contributed by atoms with van der Waals surface area (Å²) in [6.07, 6.45) is -0.116. The van der Waals surface area contributed by atoms with Crippen molar-refractivity contribution in [3.05, 3.63) is 79.2 Å². The molecule has 6 rings (SSSR count). The van der Waals surface area contributed by atoms with E-state index in [4.69, 9.17) is 29.8 Å². The van der Waals surface area contributed by atoms with Gasteiger partial charge in [-0.2, -0.15) is 9.97 Å². The maximum absolute atomic E-state index is 11.4. The lowest BCUT2D eigenvalue weighted by Crippen LogP contribution is -2.38. The van der Waals surface area contributed by atoms with Crippen molar-refractivity contribution in [1.82, 2.24) is 19.9 Å². The number of amides is 1. The predicted molar refractivity (Wildman–Crippen MR) is 166 cm³/mol. The average Bonchev–Trinajstić information content (AvgIpc) is 2.93. The first-order valence-corrected chi connectivity index (χ1v) is 14.7. The van der Waals surface area contributed by atoms with Gasteiger partial charge in [0.2, 0.25) is 11.8 Å². The van der Waals surface area contributed by atoms with Gasteiger partial charge in [0, 0.05) is 30.4 Å². The fourth-order valence-corrected chi connectivity index (χ4v) is 4.71. The summed E-state index contributed by atoms with van der Waals surface area (Å²) >= 11 is 4.38. The number of carboxylic acids is 1. The smallest absolute Gasteiger partial charge is 0.354 e. The van der Waals surface area contributed by atoms with Crippen LogP contribution < -0.4 is 15.2 Å². The molecule has 0 aliphatic carbocycles. The van der Waals surface area contributed by atoms with E-state index < -0.39 is 11.9 Å². The highest BCUT2D eigenvalue weighted by Gasteiger charge is 2.23. The third-order valence-corrected chi connectivity index (χ3v) is 7.17. The molecule has 1 amide bonds. The Morgan fingerprint density at radius 3 is 1.57 bits per heavy atom. The summed E-state index contributed by atoms with van der Waals surface area (Å²) in [5.41, 5.74) is 6.93. The molecule has 216 valence electrons. The SMILES string of the molecule is NC(=O)c1cc(OC2COC2)nc(-c2cccc(I)c2)n1.O=C(O)c1cc(OC2COC2)nc(-c2cccc(I)c2)n1. The van der Waals surface area contributed by atoms with Crippen molar-refractivity contribution in [3.63, 3.8) is 0 Å². The molecule has 2 fully saturated rings. The zero-order valence-corrected chi connectivity index (χ0v) is 26.1. The van der Waals surface area contributed by atoms with Crippen LogP contribution in [-0.2, 0) is 9.47 Å². The molecular weight excluding hydrogens is 772 g/mol. The second-order valence-electron chi connectivity index (χ2n) is 9.07. The van der Waals surface area contributed by atoms with Gasteiger partial charge in [-0.3, -0.25) is 4.79 Å². The molecule has 2 aliphatic heterocycles. The molecular formula is C28H23I2N5O7. The van der Waals surface area contributed by atoms with E-state index in [9.17, 15) is 9.59 Å². The van der Waals surface area contributed by atoms with E-state index in [2.05, 4.69) is 65.1 Å². The Hall–Kier alpha value is -3.48. The number of hydrogen-bond donors (Lipinski definition) is 2. The van der Waals surface area contributed by atoms with Crippen molar-refractivity contribution >= 4 is 57.1 Å². The number of aromatic nitrogens is 4. The van der Waals surface area contributed by atoms with Gasteiger partial charge in [0.15, 0.2) is 17.3 Å². The molecule has 42 heavy (non-hydrogen) atoms. The quantitative estimate of drug-likeness (QED) is 0.249. The first kappa shape index (κ1) is 30.0. The molecule has 12 nitrogen and oxygen atoms in total. The van der Waals surface area contributed by atoms with Crippen LogP contribution in [0.1, 0.15) is 21.0 Å². The second kappa shape index (κ2) is 13.7.